The van der Waals surface area contributed by atoms with Crippen molar-refractivity contribution in [1.82, 2.24) is 19.6 Å². The van der Waals surface area contributed by atoms with Crippen molar-refractivity contribution in [3.63, 3.8) is 0 Å². The molecule has 98 valence electrons. The molecule has 0 atom stereocenters. The van der Waals surface area contributed by atoms with Crippen molar-refractivity contribution in [2.45, 2.75) is 6.18 Å². The Labute approximate surface area is 102 Å². The monoisotopic (exact) mass is 272 g/mol. The first-order valence-corrected chi connectivity index (χ1v) is 4.98. The molecule has 0 fully saturated rings. The number of benzene rings is 1. The van der Waals surface area contributed by atoms with Crippen molar-refractivity contribution < 1.29 is 22.7 Å². The zero-order valence-electron chi connectivity index (χ0n) is 8.98. The van der Waals surface area contributed by atoms with Crippen LogP contribution in [-0.4, -0.2) is 24.7 Å². The molecule has 1 aromatic carbocycles. The number of nitrogens with zero attached hydrogens (tertiary/aromatic N) is 4. The molecule has 0 saturated carbocycles. The summed E-state index contributed by atoms with van der Waals surface area (Å²) in [7, 11) is 0. The standard InChI is InChI=1S/C10H4F4N4O/c11-4-1-2-5-6(3-4)18-7(8(19)15-5)16-17-9(18)10(12,13)14/h1-3H,(H,15,19). The molecular formula is C10H4F4N4O. The van der Waals surface area contributed by atoms with E-state index < -0.39 is 29.3 Å². The summed E-state index contributed by atoms with van der Waals surface area (Å²) < 4.78 is 52.1. The Hall–Kier alpha value is -2.45. The number of halogens is 4. The van der Waals surface area contributed by atoms with E-state index in [2.05, 4.69) is 15.2 Å². The predicted molar refractivity (Wildman–Crippen MR) is 54.9 cm³/mol. The first-order chi connectivity index (χ1) is 8.88. The lowest BCUT2D eigenvalue weighted by atomic mass is 10.3. The number of aromatic nitrogens is 4. The van der Waals surface area contributed by atoms with E-state index >= 15 is 0 Å². The minimum absolute atomic E-state index is 0.00306. The number of fused-ring (bicyclic) bond motifs is 3. The van der Waals surface area contributed by atoms with E-state index in [9.17, 15) is 22.7 Å². The normalized spacial score (nSPS) is 12.4. The van der Waals surface area contributed by atoms with Crippen LogP contribution in [0.4, 0.5) is 17.6 Å². The fraction of sp³-hybridized carbons (Fsp3) is 0.100. The maximum absolute atomic E-state index is 13.2. The molecule has 0 bridgehead atoms. The van der Waals surface area contributed by atoms with Crippen molar-refractivity contribution >= 4 is 16.7 Å². The van der Waals surface area contributed by atoms with Gasteiger partial charge in [0.1, 0.15) is 5.82 Å². The van der Waals surface area contributed by atoms with Gasteiger partial charge in [0.15, 0.2) is 0 Å². The first kappa shape index (κ1) is 11.6. The Morgan fingerprint density at radius 2 is 1.89 bits per heavy atom. The molecule has 0 aliphatic heterocycles. The SMILES string of the molecule is Oc1nc2ccc(F)cc2n2c(C(F)(F)F)nnc12. The lowest BCUT2D eigenvalue weighted by Crippen LogP contribution is -2.11. The molecule has 19 heavy (non-hydrogen) atoms. The summed E-state index contributed by atoms with van der Waals surface area (Å²) in [6.45, 7) is 0. The maximum Gasteiger partial charge on any atom is 0.452 e. The third-order valence-corrected chi connectivity index (χ3v) is 2.52. The van der Waals surface area contributed by atoms with Crippen LogP contribution in [0, 0.1) is 5.82 Å². The molecule has 0 spiro atoms. The Kier molecular flexibility index (Phi) is 2.16. The number of hydrogen-bond acceptors (Lipinski definition) is 4. The number of hydrogen-bond donors (Lipinski definition) is 1. The van der Waals surface area contributed by atoms with E-state index in [-0.39, 0.29) is 11.0 Å². The second-order valence-electron chi connectivity index (χ2n) is 3.75. The van der Waals surface area contributed by atoms with Crippen molar-refractivity contribution in [1.29, 1.82) is 0 Å². The molecule has 1 N–H and O–H groups in total. The van der Waals surface area contributed by atoms with Crippen molar-refractivity contribution in [2.75, 3.05) is 0 Å². The van der Waals surface area contributed by atoms with E-state index in [1.165, 1.54) is 0 Å². The van der Waals surface area contributed by atoms with Crippen LogP contribution in [0.15, 0.2) is 18.2 Å². The lowest BCUT2D eigenvalue weighted by molar-refractivity contribution is -0.145. The lowest BCUT2D eigenvalue weighted by Gasteiger charge is -2.07. The maximum atomic E-state index is 13.2. The van der Waals surface area contributed by atoms with E-state index in [0.717, 1.165) is 18.2 Å². The smallest absolute Gasteiger partial charge is 0.452 e. The highest BCUT2D eigenvalue weighted by Gasteiger charge is 2.38. The summed E-state index contributed by atoms with van der Waals surface area (Å²) in [5, 5.41) is 15.7. The van der Waals surface area contributed by atoms with Crippen molar-refractivity contribution in [3.8, 4) is 5.88 Å². The van der Waals surface area contributed by atoms with Crippen LogP contribution in [0.2, 0.25) is 0 Å². The summed E-state index contributed by atoms with van der Waals surface area (Å²) >= 11 is 0. The zero-order chi connectivity index (χ0) is 13.8. The van der Waals surface area contributed by atoms with Gasteiger partial charge >= 0.3 is 6.18 Å². The number of aromatic hydroxyl groups is 1. The molecule has 0 saturated heterocycles. The zero-order valence-corrected chi connectivity index (χ0v) is 8.98. The summed E-state index contributed by atoms with van der Waals surface area (Å²) in [5.74, 6) is -2.79. The van der Waals surface area contributed by atoms with Crippen LogP contribution in [0.3, 0.4) is 0 Å². The summed E-state index contributed by atoms with van der Waals surface area (Å²) in [5.41, 5.74) is -0.660. The minimum atomic E-state index is -4.79. The average molecular weight is 272 g/mol. The molecule has 0 amide bonds. The molecule has 0 aliphatic carbocycles. The Morgan fingerprint density at radius 3 is 2.58 bits per heavy atom. The van der Waals surface area contributed by atoms with E-state index in [0.29, 0.717) is 4.40 Å². The summed E-state index contributed by atoms with van der Waals surface area (Å²) in [4.78, 5) is 3.64. The molecule has 3 rings (SSSR count). The van der Waals surface area contributed by atoms with Gasteiger partial charge in [-0.1, -0.05) is 0 Å². The van der Waals surface area contributed by atoms with Crippen LogP contribution in [0.1, 0.15) is 5.82 Å². The van der Waals surface area contributed by atoms with Gasteiger partial charge in [0, 0.05) is 6.07 Å². The van der Waals surface area contributed by atoms with Crippen LogP contribution in [0.25, 0.3) is 16.7 Å². The number of rotatable bonds is 0. The highest BCUT2D eigenvalue weighted by molar-refractivity contribution is 5.79. The second-order valence-corrected chi connectivity index (χ2v) is 3.75. The van der Waals surface area contributed by atoms with Gasteiger partial charge in [-0.2, -0.15) is 13.2 Å². The molecule has 3 aromatic rings. The Balaban J connectivity index is 2.56. The molecular weight excluding hydrogens is 268 g/mol. The molecule has 9 heteroatoms. The number of alkyl halides is 3. The Morgan fingerprint density at radius 1 is 1.16 bits per heavy atom. The highest BCUT2D eigenvalue weighted by atomic mass is 19.4. The largest absolute Gasteiger partial charge is 0.491 e. The average Bonchev–Trinajstić information content (AvgIpc) is 2.75. The van der Waals surface area contributed by atoms with Gasteiger partial charge in [0.2, 0.25) is 11.5 Å². The quantitative estimate of drug-likeness (QED) is 0.637. The molecule has 2 aromatic heterocycles. The second kappa shape index (κ2) is 3.53. The summed E-state index contributed by atoms with van der Waals surface area (Å²) in [6.07, 6.45) is -4.79. The highest BCUT2D eigenvalue weighted by Crippen LogP contribution is 2.31. The van der Waals surface area contributed by atoms with Crippen LogP contribution in [0.5, 0.6) is 5.88 Å². The van der Waals surface area contributed by atoms with Gasteiger partial charge in [0.25, 0.3) is 5.88 Å². The van der Waals surface area contributed by atoms with Crippen molar-refractivity contribution in [3.05, 3.63) is 29.8 Å². The van der Waals surface area contributed by atoms with Crippen LogP contribution < -0.4 is 0 Å². The van der Waals surface area contributed by atoms with E-state index in [1.54, 1.807) is 0 Å². The van der Waals surface area contributed by atoms with Gasteiger partial charge in [-0.3, -0.25) is 4.40 Å². The van der Waals surface area contributed by atoms with Gasteiger partial charge in [0.05, 0.1) is 11.0 Å². The fourth-order valence-electron chi connectivity index (χ4n) is 1.78. The molecule has 5 nitrogen and oxygen atoms in total. The Bertz CT molecular complexity index is 795. The van der Waals surface area contributed by atoms with Gasteiger partial charge < -0.3 is 5.11 Å². The van der Waals surface area contributed by atoms with Crippen LogP contribution in [-0.2, 0) is 6.18 Å². The topological polar surface area (TPSA) is 63.3 Å². The third-order valence-electron chi connectivity index (χ3n) is 2.52. The van der Waals surface area contributed by atoms with Gasteiger partial charge in [-0.05, 0) is 12.1 Å². The third kappa shape index (κ3) is 1.65. The fourth-order valence-corrected chi connectivity index (χ4v) is 1.78. The molecule has 0 unspecified atom stereocenters. The summed E-state index contributed by atoms with van der Waals surface area (Å²) in [6, 6.07) is 3.05. The van der Waals surface area contributed by atoms with E-state index in [4.69, 9.17) is 0 Å². The predicted octanol–water partition coefficient (Wildman–Crippen LogP) is 2.14. The van der Waals surface area contributed by atoms with Gasteiger partial charge in [-0.15, -0.1) is 10.2 Å². The van der Waals surface area contributed by atoms with Crippen molar-refractivity contribution in [2.24, 2.45) is 0 Å². The first-order valence-electron chi connectivity index (χ1n) is 4.98. The van der Waals surface area contributed by atoms with Crippen LogP contribution >= 0.6 is 0 Å². The molecule has 0 radical (unpaired) electrons. The molecule has 0 aliphatic rings. The van der Waals surface area contributed by atoms with E-state index in [1.807, 2.05) is 0 Å². The molecule has 2 heterocycles. The minimum Gasteiger partial charge on any atom is -0.491 e. The van der Waals surface area contributed by atoms with Gasteiger partial charge in [-0.25, -0.2) is 9.37 Å².